The van der Waals surface area contributed by atoms with E-state index in [0.29, 0.717) is 24.6 Å². The van der Waals surface area contributed by atoms with Crippen molar-refractivity contribution in [3.63, 3.8) is 0 Å². The highest BCUT2D eigenvalue weighted by molar-refractivity contribution is 5.57. The molecule has 0 radical (unpaired) electrons. The van der Waals surface area contributed by atoms with Gasteiger partial charge in [-0.25, -0.2) is 4.98 Å². The summed E-state index contributed by atoms with van der Waals surface area (Å²) in [6, 6.07) is 4.99. The Kier molecular flexibility index (Phi) is 3.33. The lowest BCUT2D eigenvalue weighted by Crippen LogP contribution is -2.29. The Morgan fingerprint density at radius 3 is 2.80 bits per heavy atom. The highest BCUT2D eigenvalue weighted by Gasteiger charge is 2.21. The number of likely N-dealkylation sites (N-methyl/N-ethyl adjacent to an activating group) is 1. The maximum atomic E-state index is 12.3. The minimum atomic E-state index is -0.253. The first-order valence-corrected chi connectivity index (χ1v) is 6.61. The fraction of sp³-hybridized carbons (Fsp3) is 0.357. The molecule has 0 saturated heterocycles. The average molecular weight is 271 g/mol. The number of nitrogens with two attached hydrogens (primary N) is 1. The molecule has 104 valence electrons. The largest absolute Gasteiger partial charge is 0.320 e. The molecule has 0 aromatic carbocycles. The summed E-state index contributed by atoms with van der Waals surface area (Å²) in [4.78, 5) is 23.0. The van der Waals surface area contributed by atoms with Crippen molar-refractivity contribution >= 4 is 0 Å². The summed E-state index contributed by atoms with van der Waals surface area (Å²) in [5, 5.41) is 0. The van der Waals surface area contributed by atoms with Crippen molar-refractivity contribution in [1.82, 2.24) is 19.4 Å². The second-order valence-corrected chi connectivity index (χ2v) is 5.09. The smallest absolute Gasteiger partial charge is 0.254 e. The third-order valence-electron chi connectivity index (χ3n) is 3.56. The van der Waals surface area contributed by atoms with Crippen molar-refractivity contribution < 1.29 is 0 Å². The summed E-state index contributed by atoms with van der Waals surface area (Å²) in [6.45, 7) is 2.13. The molecule has 1 unspecified atom stereocenters. The van der Waals surface area contributed by atoms with E-state index in [0.717, 1.165) is 12.1 Å². The molecule has 2 aromatic heterocycles. The first-order valence-electron chi connectivity index (χ1n) is 6.61. The highest BCUT2D eigenvalue weighted by Crippen LogP contribution is 2.18. The molecule has 0 spiro atoms. The van der Waals surface area contributed by atoms with Crippen LogP contribution in [0.25, 0.3) is 11.3 Å². The van der Waals surface area contributed by atoms with Gasteiger partial charge in [-0.2, -0.15) is 0 Å². The zero-order valence-corrected chi connectivity index (χ0v) is 11.4. The zero-order valence-electron chi connectivity index (χ0n) is 11.4. The number of hydrogen-bond donors (Lipinski definition) is 1. The van der Waals surface area contributed by atoms with Gasteiger partial charge in [0.05, 0.1) is 11.7 Å². The van der Waals surface area contributed by atoms with Crippen LogP contribution in [0, 0.1) is 0 Å². The van der Waals surface area contributed by atoms with Crippen LogP contribution in [-0.2, 0) is 6.54 Å². The molecule has 6 nitrogen and oxygen atoms in total. The fourth-order valence-corrected chi connectivity index (χ4v) is 2.48. The van der Waals surface area contributed by atoms with Crippen molar-refractivity contribution in [2.24, 2.45) is 5.73 Å². The van der Waals surface area contributed by atoms with E-state index in [4.69, 9.17) is 5.73 Å². The summed E-state index contributed by atoms with van der Waals surface area (Å²) in [5.41, 5.74) is 7.66. The van der Waals surface area contributed by atoms with Crippen molar-refractivity contribution in [2.45, 2.75) is 12.6 Å². The lowest BCUT2D eigenvalue weighted by atomic mass is 10.2. The number of hydrogen-bond acceptors (Lipinski definition) is 5. The van der Waals surface area contributed by atoms with Gasteiger partial charge in [-0.15, -0.1) is 0 Å². The highest BCUT2D eigenvalue weighted by atomic mass is 16.1. The second-order valence-electron chi connectivity index (χ2n) is 5.09. The molecule has 1 atom stereocenters. The Bertz CT molecular complexity index is 667. The van der Waals surface area contributed by atoms with E-state index in [1.54, 1.807) is 23.0 Å². The quantitative estimate of drug-likeness (QED) is 0.804. The van der Waals surface area contributed by atoms with Gasteiger partial charge >= 0.3 is 0 Å². The van der Waals surface area contributed by atoms with Gasteiger partial charge in [0.15, 0.2) is 0 Å². The standard InChI is InChI=1S/C14H17N5O/c1-18-6-7-19-13(20)8-12(10-2-4-16-5-3-10)17-14(19)11(15)9-18/h2-5,8,11H,6-7,9,15H2,1H3. The van der Waals surface area contributed by atoms with Gasteiger partial charge < -0.3 is 10.6 Å². The lowest BCUT2D eigenvalue weighted by molar-refractivity contribution is 0.321. The van der Waals surface area contributed by atoms with Crippen LogP contribution < -0.4 is 11.3 Å². The molecule has 6 heteroatoms. The van der Waals surface area contributed by atoms with Gasteiger partial charge in [-0.1, -0.05) is 0 Å². The van der Waals surface area contributed by atoms with Gasteiger partial charge in [-0.3, -0.25) is 14.3 Å². The second kappa shape index (κ2) is 5.15. The predicted octanol–water partition coefficient (Wildman–Crippen LogP) is 0.251. The van der Waals surface area contributed by atoms with Crippen LogP contribution in [0.4, 0.5) is 0 Å². The van der Waals surface area contributed by atoms with Gasteiger partial charge in [-0.05, 0) is 19.2 Å². The van der Waals surface area contributed by atoms with Crippen LogP contribution in [0.1, 0.15) is 11.9 Å². The van der Waals surface area contributed by atoms with E-state index in [1.807, 2.05) is 19.2 Å². The number of aromatic nitrogens is 3. The molecule has 0 saturated carbocycles. The van der Waals surface area contributed by atoms with Gasteiger partial charge in [0.25, 0.3) is 5.56 Å². The molecule has 1 aliphatic rings. The monoisotopic (exact) mass is 271 g/mol. The van der Waals surface area contributed by atoms with E-state index in [-0.39, 0.29) is 11.6 Å². The van der Waals surface area contributed by atoms with Crippen LogP contribution in [0.3, 0.4) is 0 Å². The first kappa shape index (κ1) is 13.0. The third-order valence-corrected chi connectivity index (χ3v) is 3.56. The topological polar surface area (TPSA) is 77.0 Å². The Labute approximate surface area is 116 Å². The van der Waals surface area contributed by atoms with Crippen molar-refractivity contribution in [3.05, 3.63) is 46.8 Å². The Balaban J connectivity index is 2.12. The zero-order chi connectivity index (χ0) is 14.1. The number of rotatable bonds is 1. The average Bonchev–Trinajstić information content (AvgIpc) is 2.59. The number of pyridine rings is 1. The van der Waals surface area contributed by atoms with Crippen LogP contribution >= 0.6 is 0 Å². The predicted molar refractivity (Wildman–Crippen MR) is 76.2 cm³/mol. The molecule has 2 aromatic rings. The van der Waals surface area contributed by atoms with Crippen molar-refractivity contribution in [3.8, 4) is 11.3 Å². The van der Waals surface area contributed by atoms with Crippen molar-refractivity contribution in [1.29, 1.82) is 0 Å². The van der Waals surface area contributed by atoms with E-state index in [1.165, 1.54) is 0 Å². The Hall–Kier alpha value is -2.05. The van der Waals surface area contributed by atoms with Crippen molar-refractivity contribution in [2.75, 3.05) is 20.1 Å². The van der Waals surface area contributed by atoms with Gasteiger partial charge in [0.1, 0.15) is 5.82 Å². The number of nitrogens with zero attached hydrogens (tertiary/aromatic N) is 4. The Morgan fingerprint density at radius 1 is 1.30 bits per heavy atom. The van der Waals surface area contributed by atoms with Gasteiger partial charge in [0, 0.05) is 43.7 Å². The SMILES string of the molecule is CN1CCn2c(nc(-c3ccncc3)cc2=O)C(N)C1. The fourth-order valence-electron chi connectivity index (χ4n) is 2.48. The van der Waals surface area contributed by atoms with E-state index in [2.05, 4.69) is 14.9 Å². The third kappa shape index (κ3) is 2.35. The number of fused-ring (bicyclic) bond motifs is 1. The molecule has 2 N–H and O–H groups in total. The maximum Gasteiger partial charge on any atom is 0.254 e. The summed E-state index contributed by atoms with van der Waals surface area (Å²) in [5.74, 6) is 0.661. The molecule has 1 aliphatic heterocycles. The van der Waals surface area contributed by atoms with Crippen LogP contribution in [0.15, 0.2) is 35.4 Å². The normalized spacial score (nSPS) is 19.4. The summed E-state index contributed by atoms with van der Waals surface area (Å²) < 4.78 is 1.68. The van der Waals surface area contributed by atoms with E-state index >= 15 is 0 Å². The minimum Gasteiger partial charge on any atom is -0.320 e. The van der Waals surface area contributed by atoms with E-state index < -0.39 is 0 Å². The summed E-state index contributed by atoms with van der Waals surface area (Å²) in [6.07, 6.45) is 3.38. The molecule has 20 heavy (non-hydrogen) atoms. The molecule has 0 bridgehead atoms. The molecule has 0 fully saturated rings. The molecule has 0 amide bonds. The molecular formula is C14H17N5O. The van der Waals surface area contributed by atoms with E-state index in [9.17, 15) is 4.79 Å². The minimum absolute atomic E-state index is 0.0486. The molecule has 0 aliphatic carbocycles. The molecular weight excluding hydrogens is 254 g/mol. The lowest BCUT2D eigenvalue weighted by Gasteiger charge is -2.16. The Morgan fingerprint density at radius 2 is 2.05 bits per heavy atom. The first-order chi connectivity index (χ1) is 9.65. The maximum absolute atomic E-state index is 12.3. The van der Waals surface area contributed by atoms with Crippen LogP contribution in [0.2, 0.25) is 0 Å². The summed E-state index contributed by atoms with van der Waals surface area (Å²) >= 11 is 0. The molecule has 3 rings (SSSR count). The van der Waals surface area contributed by atoms with Gasteiger partial charge in [0.2, 0.25) is 0 Å². The summed E-state index contributed by atoms with van der Waals surface area (Å²) in [7, 11) is 2.00. The van der Waals surface area contributed by atoms with Crippen LogP contribution in [-0.4, -0.2) is 39.6 Å². The molecule has 3 heterocycles. The van der Waals surface area contributed by atoms with Crippen LogP contribution in [0.5, 0.6) is 0 Å².